The number of nitrogens with zero attached hydrogens (tertiary/aromatic N) is 4. The van der Waals surface area contributed by atoms with Crippen molar-refractivity contribution in [3.63, 3.8) is 0 Å². The van der Waals surface area contributed by atoms with Crippen LogP contribution in [0.5, 0.6) is 0 Å². The number of carbonyl (C=O) groups is 1. The van der Waals surface area contributed by atoms with E-state index < -0.39 is 0 Å². The first-order chi connectivity index (χ1) is 12.2. The SMILES string of the molecule is O=CC=CC(=C(c1ccc(F)cc1)c1ccc(F)cc1)n1cnnn1. The lowest BCUT2D eigenvalue weighted by atomic mass is 9.95. The van der Waals surface area contributed by atoms with Crippen LogP contribution in [0.4, 0.5) is 8.78 Å². The number of tetrazole rings is 1. The lowest BCUT2D eigenvalue weighted by Crippen LogP contribution is -2.02. The fourth-order valence-corrected chi connectivity index (χ4v) is 2.37. The second kappa shape index (κ2) is 7.39. The Balaban J connectivity index is 2.30. The summed E-state index contributed by atoms with van der Waals surface area (Å²) in [4.78, 5) is 10.8. The topological polar surface area (TPSA) is 60.7 Å². The van der Waals surface area contributed by atoms with Gasteiger partial charge in [-0.2, -0.15) is 4.68 Å². The van der Waals surface area contributed by atoms with Crippen LogP contribution in [-0.2, 0) is 4.79 Å². The molecule has 0 radical (unpaired) electrons. The van der Waals surface area contributed by atoms with Gasteiger partial charge in [0.05, 0.1) is 5.70 Å². The highest BCUT2D eigenvalue weighted by Crippen LogP contribution is 2.30. The van der Waals surface area contributed by atoms with E-state index in [4.69, 9.17) is 0 Å². The van der Waals surface area contributed by atoms with Crippen molar-refractivity contribution in [3.05, 3.63) is 89.8 Å². The highest BCUT2D eigenvalue weighted by Gasteiger charge is 2.14. The van der Waals surface area contributed by atoms with Crippen LogP contribution in [0.3, 0.4) is 0 Å². The molecule has 0 aliphatic heterocycles. The predicted molar refractivity (Wildman–Crippen MR) is 88.0 cm³/mol. The van der Waals surface area contributed by atoms with Crippen molar-refractivity contribution in [1.82, 2.24) is 20.2 Å². The summed E-state index contributed by atoms with van der Waals surface area (Å²) in [5, 5.41) is 11.1. The first-order valence-electron chi connectivity index (χ1n) is 7.30. The second-order valence-corrected chi connectivity index (χ2v) is 5.02. The third-order valence-electron chi connectivity index (χ3n) is 3.45. The number of rotatable bonds is 5. The molecular weight excluding hydrogens is 326 g/mol. The summed E-state index contributed by atoms with van der Waals surface area (Å²) in [5.74, 6) is -0.760. The molecule has 0 N–H and O–H groups in total. The van der Waals surface area contributed by atoms with Crippen LogP contribution in [0.1, 0.15) is 11.1 Å². The van der Waals surface area contributed by atoms with Gasteiger partial charge in [0, 0.05) is 5.57 Å². The van der Waals surface area contributed by atoms with Crippen LogP contribution in [0.2, 0.25) is 0 Å². The van der Waals surface area contributed by atoms with Gasteiger partial charge in [-0.3, -0.25) is 4.79 Å². The lowest BCUT2D eigenvalue weighted by molar-refractivity contribution is -0.104. The Bertz CT molecular complexity index is 867. The largest absolute Gasteiger partial charge is 0.299 e. The van der Waals surface area contributed by atoms with Gasteiger partial charge in [0.1, 0.15) is 24.2 Å². The number of carbonyl (C=O) groups excluding carboxylic acids is 1. The molecule has 0 saturated carbocycles. The molecule has 0 unspecified atom stereocenters. The van der Waals surface area contributed by atoms with Crippen molar-refractivity contribution < 1.29 is 13.6 Å². The van der Waals surface area contributed by atoms with E-state index in [-0.39, 0.29) is 11.6 Å². The van der Waals surface area contributed by atoms with Gasteiger partial charge in [-0.05, 0) is 58.0 Å². The highest BCUT2D eigenvalue weighted by molar-refractivity contribution is 5.96. The first-order valence-corrected chi connectivity index (χ1v) is 7.30. The smallest absolute Gasteiger partial charge is 0.143 e. The molecule has 124 valence electrons. The Hall–Kier alpha value is -3.48. The van der Waals surface area contributed by atoms with Gasteiger partial charge in [0.2, 0.25) is 0 Å². The quantitative estimate of drug-likeness (QED) is 0.407. The molecule has 0 aliphatic carbocycles. The Kier molecular flexibility index (Phi) is 4.84. The molecule has 3 rings (SSSR count). The van der Waals surface area contributed by atoms with E-state index in [2.05, 4.69) is 15.5 Å². The predicted octanol–water partition coefficient (Wildman–Crippen LogP) is 3.12. The summed E-state index contributed by atoms with van der Waals surface area (Å²) in [5.41, 5.74) is 2.42. The summed E-state index contributed by atoms with van der Waals surface area (Å²) in [6, 6.07) is 11.6. The zero-order valence-electron chi connectivity index (χ0n) is 12.9. The molecule has 0 aliphatic rings. The van der Waals surface area contributed by atoms with Crippen molar-refractivity contribution in [3.8, 4) is 0 Å². The standard InChI is InChI=1S/C18H12F2N4O/c19-15-7-3-13(4-8-15)18(14-5-9-16(20)10-6-14)17(2-1-11-25)24-12-21-22-23-24/h1-12H. The van der Waals surface area contributed by atoms with E-state index in [0.717, 1.165) is 0 Å². The molecule has 0 atom stereocenters. The zero-order valence-corrected chi connectivity index (χ0v) is 12.9. The van der Waals surface area contributed by atoms with Crippen LogP contribution in [-0.4, -0.2) is 26.5 Å². The van der Waals surface area contributed by atoms with Crippen LogP contribution in [0.15, 0.2) is 67.0 Å². The first kappa shape index (κ1) is 16.4. The Morgan fingerprint density at radius 2 is 1.48 bits per heavy atom. The van der Waals surface area contributed by atoms with Crippen LogP contribution < -0.4 is 0 Å². The highest BCUT2D eigenvalue weighted by atomic mass is 19.1. The minimum Gasteiger partial charge on any atom is -0.299 e. The monoisotopic (exact) mass is 338 g/mol. The summed E-state index contributed by atoms with van der Waals surface area (Å²) >= 11 is 0. The Morgan fingerprint density at radius 3 is 1.92 bits per heavy atom. The molecule has 25 heavy (non-hydrogen) atoms. The number of allylic oxidation sites excluding steroid dienone is 3. The number of hydrogen-bond acceptors (Lipinski definition) is 4. The average Bonchev–Trinajstić information content (AvgIpc) is 3.15. The third-order valence-corrected chi connectivity index (χ3v) is 3.45. The van der Waals surface area contributed by atoms with Gasteiger partial charge in [-0.1, -0.05) is 24.3 Å². The molecule has 2 aromatic carbocycles. The molecule has 3 aromatic rings. The molecule has 0 spiro atoms. The number of aldehydes is 1. The fraction of sp³-hybridized carbons (Fsp3) is 0. The number of halogens is 2. The molecule has 7 heteroatoms. The normalized spacial score (nSPS) is 10.8. The van der Waals surface area contributed by atoms with E-state index in [9.17, 15) is 13.6 Å². The van der Waals surface area contributed by atoms with Crippen molar-refractivity contribution >= 4 is 17.6 Å². The van der Waals surface area contributed by atoms with Gasteiger partial charge < -0.3 is 0 Å². The summed E-state index contributed by atoms with van der Waals surface area (Å²) < 4.78 is 28.0. The number of aromatic nitrogens is 4. The van der Waals surface area contributed by atoms with E-state index in [1.165, 1.54) is 47.4 Å². The molecule has 0 saturated heterocycles. The Morgan fingerprint density at radius 1 is 0.920 bits per heavy atom. The summed E-state index contributed by atoms with van der Waals surface area (Å²) in [7, 11) is 0. The average molecular weight is 338 g/mol. The maximum Gasteiger partial charge on any atom is 0.143 e. The lowest BCUT2D eigenvalue weighted by Gasteiger charge is -2.13. The second-order valence-electron chi connectivity index (χ2n) is 5.02. The molecular formula is C18H12F2N4O. The maximum atomic E-state index is 13.3. The third kappa shape index (κ3) is 3.72. The molecule has 1 heterocycles. The molecule has 0 amide bonds. The van der Waals surface area contributed by atoms with Gasteiger partial charge in [-0.15, -0.1) is 5.10 Å². The van der Waals surface area contributed by atoms with Crippen LogP contribution in [0, 0.1) is 11.6 Å². The van der Waals surface area contributed by atoms with Crippen LogP contribution in [0.25, 0.3) is 11.3 Å². The van der Waals surface area contributed by atoms with Gasteiger partial charge in [-0.25, -0.2) is 8.78 Å². The van der Waals surface area contributed by atoms with Gasteiger partial charge in [0.25, 0.3) is 0 Å². The van der Waals surface area contributed by atoms with Gasteiger partial charge in [0.15, 0.2) is 0 Å². The minimum atomic E-state index is -0.380. The fourth-order valence-electron chi connectivity index (χ4n) is 2.37. The van der Waals surface area contributed by atoms with Crippen molar-refractivity contribution in [2.75, 3.05) is 0 Å². The molecule has 0 fully saturated rings. The van der Waals surface area contributed by atoms with Crippen LogP contribution >= 0.6 is 0 Å². The van der Waals surface area contributed by atoms with E-state index in [1.807, 2.05) is 0 Å². The van der Waals surface area contributed by atoms with Crippen molar-refractivity contribution in [1.29, 1.82) is 0 Å². The molecule has 1 aromatic heterocycles. The minimum absolute atomic E-state index is 0.380. The summed E-state index contributed by atoms with van der Waals surface area (Å²) in [6.07, 6.45) is 4.82. The summed E-state index contributed by atoms with van der Waals surface area (Å²) in [6.45, 7) is 0. The number of hydrogen-bond donors (Lipinski definition) is 0. The number of benzene rings is 2. The maximum absolute atomic E-state index is 13.3. The van der Waals surface area contributed by atoms with Crippen molar-refractivity contribution in [2.45, 2.75) is 0 Å². The molecule has 5 nitrogen and oxygen atoms in total. The van der Waals surface area contributed by atoms with E-state index in [0.29, 0.717) is 28.7 Å². The van der Waals surface area contributed by atoms with E-state index >= 15 is 0 Å². The van der Waals surface area contributed by atoms with Crippen molar-refractivity contribution in [2.24, 2.45) is 0 Å². The van der Waals surface area contributed by atoms with E-state index in [1.54, 1.807) is 24.3 Å². The Labute approximate surface area is 141 Å². The zero-order chi connectivity index (χ0) is 17.6. The molecule has 0 bridgehead atoms. The van der Waals surface area contributed by atoms with Gasteiger partial charge >= 0.3 is 0 Å².